The molecule has 0 atom stereocenters. The molecule has 0 saturated carbocycles. The van der Waals surface area contributed by atoms with Gasteiger partial charge in [-0.2, -0.15) is 0 Å². The molecule has 0 fully saturated rings. The molecule has 0 aromatic heterocycles. The lowest BCUT2D eigenvalue weighted by molar-refractivity contribution is -0.111. The van der Waals surface area contributed by atoms with Crippen molar-refractivity contribution in [3.05, 3.63) is 29.8 Å². The Balaban J connectivity index is 2.26. The van der Waals surface area contributed by atoms with Gasteiger partial charge in [0.1, 0.15) is 0 Å². The van der Waals surface area contributed by atoms with Crippen molar-refractivity contribution >= 4 is 16.9 Å². The zero-order valence-electron chi connectivity index (χ0n) is 10.2. The van der Waals surface area contributed by atoms with Crippen LogP contribution in [0.15, 0.2) is 29.2 Å². The summed E-state index contributed by atoms with van der Waals surface area (Å²) in [6.45, 7) is 4.24. The minimum Gasteiger partial charge on any atom is -0.287 e. The number of carbonyl (C=O) groups excluding carboxylic acids is 1. The van der Waals surface area contributed by atoms with E-state index in [1.54, 1.807) is 0 Å². The highest BCUT2D eigenvalue weighted by atomic mass is 32.2. The van der Waals surface area contributed by atoms with Crippen LogP contribution in [0.3, 0.4) is 0 Å². The van der Waals surface area contributed by atoms with Crippen molar-refractivity contribution in [3.8, 4) is 0 Å². The molecule has 1 nitrogen and oxygen atoms in total. The van der Waals surface area contributed by atoms with E-state index in [1.165, 1.54) is 36.6 Å². The molecule has 0 amide bonds. The minimum atomic E-state index is 0.292. The Labute approximate surface area is 103 Å². The first-order valence-corrected chi connectivity index (χ1v) is 6.81. The topological polar surface area (TPSA) is 17.1 Å². The number of thioether (sulfide) groups is 1. The smallest absolute Gasteiger partial charge is 0.193 e. The second-order valence-corrected chi connectivity index (χ2v) is 5.23. The molecule has 88 valence electrons. The molecule has 0 radical (unpaired) electrons. The van der Waals surface area contributed by atoms with Gasteiger partial charge in [-0.3, -0.25) is 4.79 Å². The maximum Gasteiger partial charge on any atom is 0.193 e. The maximum absolute atomic E-state index is 11.6. The lowest BCUT2D eigenvalue weighted by Crippen LogP contribution is -1.91. The third-order valence-corrected chi connectivity index (χ3v) is 3.43. The van der Waals surface area contributed by atoms with Gasteiger partial charge >= 0.3 is 0 Å². The largest absolute Gasteiger partial charge is 0.287 e. The van der Waals surface area contributed by atoms with Crippen LogP contribution in [0.4, 0.5) is 0 Å². The lowest BCUT2D eigenvalue weighted by atomic mass is 10.2. The Morgan fingerprint density at radius 3 is 2.44 bits per heavy atom. The van der Waals surface area contributed by atoms with E-state index in [-0.39, 0.29) is 0 Å². The van der Waals surface area contributed by atoms with Crippen molar-refractivity contribution in [2.24, 2.45) is 0 Å². The van der Waals surface area contributed by atoms with Gasteiger partial charge in [0.15, 0.2) is 5.12 Å². The van der Waals surface area contributed by atoms with E-state index in [1.807, 2.05) is 24.3 Å². The van der Waals surface area contributed by atoms with Crippen molar-refractivity contribution in [1.29, 1.82) is 0 Å². The van der Waals surface area contributed by atoms with Crippen molar-refractivity contribution in [2.45, 2.75) is 50.8 Å². The van der Waals surface area contributed by atoms with Crippen LogP contribution >= 0.6 is 11.8 Å². The molecular formula is C14H20OS. The summed E-state index contributed by atoms with van der Waals surface area (Å²) in [6.07, 6.45) is 5.38. The van der Waals surface area contributed by atoms with Crippen LogP contribution in [0.25, 0.3) is 0 Å². The summed E-state index contributed by atoms with van der Waals surface area (Å²) >= 11 is 1.37. The third-order valence-electron chi connectivity index (χ3n) is 2.49. The molecule has 0 aliphatic rings. The molecule has 0 aliphatic heterocycles. The Morgan fingerprint density at radius 1 is 1.12 bits per heavy atom. The Hall–Kier alpha value is -0.760. The zero-order valence-corrected chi connectivity index (χ0v) is 11.0. The van der Waals surface area contributed by atoms with E-state index in [4.69, 9.17) is 0 Å². The van der Waals surface area contributed by atoms with Gasteiger partial charge in [0.25, 0.3) is 0 Å². The van der Waals surface area contributed by atoms with Crippen LogP contribution in [-0.2, 0) is 4.79 Å². The summed E-state index contributed by atoms with van der Waals surface area (Å²) in [7, 11) is 0. The van der Waals surface area contributed by atoms with Gasteiger partial charge in [-0.25, -0.2) is 0 Å². The minimum absolute atomic E-state index is 0.292. The molecule has 16 heavy (non-hydrogen) atoms. The summed E-state index contributed by atoms with van der Waals surface area (Å²) in [6, 6.07) is 8.13. The van der Waals surface area contributed by atoms with Crippen LogP contribution in [0.2, 0.25) is 0 Å². The van der Waals surface area contributed by atoms with Gasteiger partial charge in [-0.05, 0) is 25.5 Å². The van der Waals surface area contributed by atoms with E-state index in [0.29, 0.717) is 11.5 Å². The zero-order chi connectivity index (χ0) is 11.8. The second kappa shape index (κ2) is 7.50. The Bertz CT molecular complexity index is 316. The molecule has 1 aromatic rings. The SMILES string of the molecule is CCCCCCC(=O)Sc1ccc(C)cc1. The van der Waals surface area contributed by atoms with E-state index >= 15 is 0 Å². The molecule has 0 aliphatic carbocycles. The number of rotatable bonds is 6. The third kappa shape index (κ3) is 5.36. The highest BCUT2D eigenvalue weighted by Crippen LogP contribution is 2.21. The van der Waals surface area contributed by atoms with Gasteiger partial charge in [0, 0.05) is 11.3 Å². The van der Waals surface area contributed by atoms with Gasteiger partial charge in [-0.1, -0.05) is 55.6 Å². The van der Waals surface area contributed by atoms with Crippen LogP contribution in [0.5, 0.6) is 0 Å². The number of unbranched alkanes of at least 4 members (excludes halogenated alkanes) is 3. The Kier molecular flexibility index (Phi) is 6.24. The number of aryl methyl sites for hydroxylation is 1. The molecule has 0 spiro atoms. The molecule has 1 aromatic carbocycles. The van der Waals surface area contributed by atoms with Crippen LogP contribution in [-0.4, -0.2) is 5.12 Å². The van der Waals surface area contributed by atoms with Crippen molar-refractivity contribution in [1.82, 2.24) is 0 Å². The number of carbonyl (C=O) groups is 1. The molecule has 0 heterocycles. The molecule has 1 rings (SSSR count). The van der Waals surface area contributed by atoms with Gasteiger partial charge in [-0.15, -0.1) is 0 Å². The fourth-order valence-corrected chi connectivity index (χ4v) is 2.27. The average Bonchev–Trinajstić information content (AvgIpc) is 2.28. The Morgan fingerprint density at radius 2 is 1.81 bits per heavy atom. The van der Waals surface area contributed by atoms with Gasteiger partial charge in [0.2, 0.25) is 0 Å². The van der Waals surface area contributed by atoms with Crippen molar-refractivity contribution < 1.29 is 4.79 Å². The number of benzene rings is 1. The van der Waals surface area contributed by atoms with E-state index in [0.717, 1.165) is 11.3 Å². The van der Waals surface area contributed by atoms with Crippen molar-refractivity contribution in [3.63, 3.8) is 0 Å². The average molecular weight is 236 g/mol. The molecule has 0 bridgehead atoms. The van der Waals surface area contributed by atoms with Gasteiger partial charge in [0.05, 0.1) is 0 Å². The summed E-state index contributed by atoms with van der Waals surface area (Å²) in [5, 5.41) is 0.292. The molecular weight excluding hydrogens is 216 g/mol. The molecule has 2 heteroatoms. The fourth-order valence-electron chi connectivity index (χ4n) is 1.48. The highest BCUT2D eigenvalue weighted by Gasteiger charge is 2.03. The predicted octanol–water partition coefficient (Wildman–Crippen LogP) is 4.58. The van der Waals surface area contributed by atoms with Crippen LogP contribution < -0.4 is 0 Å². The van der Waals surface area contributed by atoms with Crippen molar-refractivity contribution in [2.75, 3.05) is 0 Å². The molecule has 0 N–H and O–H groups in total. The lowest BCUT2D eigenvalue weighted by Gasteiger charge is -2.01. The first kappa shape index (κ1) is 13.3. The fraction of sp³-hybridized carbons (Fsp3) is 0.500. The summed E-state index contributed by atoms with van der Waals surface area (Å²) in [5.74, 6) is 0. The van der Waals surface area contributed by atoms with Crippen LogP contribution in [0.1, 0.15) is 44.6 Å². The first-order valence-electron chi connectivity index (χ1n) is 5.99. The normalized spacial score (nSPS) is 10.4. The summed E-state index contributed by atoms with van der Waals surface area (Å²) in [5.41, 5.74) is 1.24. The first-order chi connectivity index (χ1) is 7.72. The number of hydrogen-bond acceptors (Lipinski definition) is 2. The predicted molar refractivity (Wildman–Crippen MR) is 70.8 cm³/mol. The molecule has 0 unspecified atom stereocenters. The van der Waals surface area contributed by atoms with E-state index in [9.17, 15) is 4.79 Å². The standard InChI is InChI=1S/C14H20OS/c1-3-4-5-6-7-14(15)16-13-10-8-12(2)9-11-13/h8-11H,3-7H2,1-2H3. The van der Waals surface area contributed by atoms with Gasteiger partial charge < -0.3 is 0 Å². The number of hydrogen-bond donors (Lipinski definition) is 0. The highest BCUT2D eigenvalue weighted by molar-refractivity contribution is 8.13. The summed E-state index contributed by atoms with van der Waals surface area (Å²) in [4.78, 5) is 12.7. The van der Waals surface area contributed by atoms with E-state index < -0.39 is 0 Å². The monoisotopic (exact) mass is 236 g/mol. The quantitative estimate of drug-likeness (QED) is 0.531. The van der Waals surface area contributed by atoms with E-state index in [2.05, 4.69) is 13.8 Å². The van der Waals surface area contributed by atoms with Crippen LogP contribution in [0, 0.1) is 6.92 Å². The maximum atomic E-state index is 11.6. The summed E-state index contributed by atoms with van der Waals surface area (Å²) < 4.78 is 0. The second-order valence-electron chi connectivity index (χ2n) is 4.10. The molecule has 0 saturated heterocycles.